The fourth-order valence-electron chi connectivity index (χ4n) is 5.93. The summed E-state index contributed by atoms with van der Waals surface area (Å²) in [6.07, 6.45) is 23.1. The Morgan fingerprint density at radius 1 is 0.568 bits per heavy atom. The molecule has 1 atom stereocenters. The minimum Gasteiger partial charge on any atom is -0.353 e. The van der Waals surface area contributed by atoms with Crippen molar-refractivity contribution in [1.82, 2.24) is 9.80 Å². The van der Waals surface area contributed by atoms with Crippen molar-refractivity contribution in [3.63, 3.8) is 0 Å². The lowest BCUT2D eigenvalue weighted by Crippen LogP contribution is -2.47. The van der Waals surface area contributed by atoms with Gasteiger partial charge < -0.3 is 19.3 Å². The Hall–Kier alpha value is -0.160. The van der Waals surface area contributed by atoms with Gasteiger partial charge in [-0.15, -0.1) is 0 Å². The molecule has 1 unspecified atom stereocenters. The van der Waals surface area contributed by atoms with Crippen LogP contribution in [0.4, 0.5) is 0 Å². The van der Waals surface area contributed by atoms with Crippen molar-refractivity contribution in [2.75, 3.05) is 53.5 Å². The van der Waals surface area contributed by atoms with Gasteiger partial charge in [0.15, 0.2) is 5.79 Å². The first-order valence-electron chi connectivity index (χ1n) is 16.3. The molecular formula is C33H68N2O2. The van der Waals surface area contributed by atoms with Gasteiger partial charge in [-0.2, -0.15) is 0 Å². The summed E-state index contributed by atoms with van der Waals surface area (Å²) < 4.78 is 11.7. The van der Waals surface area contributed by atoms with E-state index in [4.69, 9.17) is 9.47 Å². The van der Waals surface area contributed by atoms with Gasteiger partial charge in [0, 0.05) is 46.3 Å². The lowest BCUT2D eigenvalue weighted by Gasteiger charge is -2.37. The van der Waals surface area contributed by atoms with Gasteiger partial charge in [0.1, 0.15) is 0 Å². The van der Waals surface area contributed by atoms with Crippen molar-refractivity contribution in [1.29, 1.82) is 0 Å². The summed E-state index contributed by atoms with van der Waals surface area (Å²) in [6, 6.07) is 0. The van der Waals surface area contributed by atoms with E-state index in [0.29, 0.717) is 11.3 Å². The molecule has 1 saturated heterocycles. The van der Waals surface area contributed by atoms with E-state index in [2.05, 4.69) is 44.4 Å². The number of nitrogens with zero attached hydrogens (tertiary/aromatic N) is 2. The molecule has 0 saturated carbocycles. The zero-order chi connectivity index (χ0) is 27.4. The molecule has 0 radical (unpaired) electrons. The predicted octanol–water partition coefficient (Wildman–Crippen LogP) is 8.93. The topological polar surface area (TPSA) is 24.9 Å². The smallest absolute Gasteiger partial charge is 0.167 e. The van der Waals surface area contributed by atoms with Gasteiger partial charge in [-0.1, -0.05) is 105 Å². The molecule has 0 aromatic rings. The largest absolute Gasteiger partial charge is 0.353 e. The van der Waals surface area contributed by atoms with Crippen molar-refractivity contribution >= 4 is 0 Å². The van der Waals surface area contributed by atoms with Crippen LogP contribution in [0.15, 0.2) is 0 Å². The number of piperazine rings is 1. The van der Waals surface area contributed by atoms with Gasteiger partial charge in [0.25, 0.3) is 0 Å². The third-order valence-electron chi connectivity index (χ3n) is 8.85. The average molecular weight is 525 g/mol. The van der Waals surface area contributed by atoms with E-state index in [-0.39, 0.29) is 0 Å². The molecule has 0 aliphatic carbocycles. The molecule has 0 spiro atoms. The maximum absolute atomic E-state index is 5.85. The first-order chi connectivity index (χ1) is 17.7. The van der Waals surface area contributed by atoms with Crippen molar-refractivity contribution in [3.8, 4) is 0 Å². The molecule has 1 aliphatic rings. The molecule has 0 aromatic heterocycles. The molecule has 1 heterocycles. The Balaban J connectivity index is 2.15. The second kappa shape index (κ2) is 20.7. The predicted molar refractivity (Wildman–Crippen MR) is 162 cm³/mol. The zero-order valence-corrected chi connectivity index (χ0v) is 26.6. The molecule has 4 nitrogen and oxygen atoms in total. The fourth-order valence-corrected chi connectivity index (χ4v) is 5.93. The second-order valence-electron chi connectivity index (χ2n) is 13.3. The highest BCUT2D eigenvalue weighted by Gasteiger charge is 2.33. The van der Waals surface area contributed by atoms with E-state index < -0.39 is 5.79 Å². The maximum Gasteiger partial charge on any atom is 0.167 e. The first-order valence-corrected chi connectivity index (χ1v) is 16.3. The van der Waals surface area contributed by atoms with E-state index >= 15 is 0 Å². The quantitative estimate of drug-likeness (QED) is 0.0983. The monoisotopic (exact) mass is 525 g/mol. The summed E-state index contributed by atoms with van der Waals surface area (Å²) in [4.78, 5) is 5.39. The van der Waals surface area contributed by atoms with E-state index in [1.807, 2.05) is 14.2 Å². The van der Waals surface area contributed by atoms with Gasteiger partial charge in [0.05, 0.1) is 0 Å². The minimum absolute atomic E-state index is 0.450. The summed E-state index contributed by atoms with van der Waals surface area (Å²) in [5.74, 6) is 0.0302. The first kappa shape index (κ1) is 34.9. The van der Waals surface area contributed by atoms with Crippen LogP contribution in [-0.4, -0.2) is 69.1 Å². The van der Waals surface area contributed by atoms with E-state index in [9.17, 15) is 0 Å². The summed E-state index contributed by atoms with van der Waals surface area (Å²) in [6.45, 7) is 19.0. The summed E-state index contributed by atoms with van der Waals surface area (Å²) in [5, 5.41) is 0. The molecule has 0 aromatic carbocycles. The number of hydrogen-bond donors (Lipinski definition) is 0. The third kappa shape index (κ3) is 17.2. The molecule has 37 heavy (non-hydrogen) atoms. The summed E-state index contributed by atoms with van der Waals surface area (Å²) >= 11 is 0. The molecular weight excluding hydrogens is 456 g/mol. The van der Waals surface area contributed by atoms with Gasteiger partial charge in [-0.05, 0) is 57.5 Å². The zero-order valence-electron chi connectivity index (χ0n) is 26.6. The van der Waals surface area contributed by atoms with Crippen LogP contribution >= 0.6 is 0 Å². The fraction of sp³-hybridized carbons (Fsp3) is 1.00. The standard InChI is InChI=1S/C33H68N2O2/c1-8-9-10-11-15-18-22-31(33(5,36-6)37-7)23-21-26-35-29-27-34(28-30-35)25-20-17-14-12-13-16-19-24-32(2,3)4/h31H,8-30H2,1-7H3. The third-order valence-corrected chi connectivity index (χ3v) is 8.85. The molecule has 4 heteroatoms. The lowest BCUT2D eigenvalue weighted by molar-refractivity contribution is -0.230. The molecule has 222 valence electrons. The average Bonchev–Trinajstić information content (AvgIpc) is 2.88. The molecule has 0 bridgehead atoms. The van der Waals surface area contributed by atoms with Crippen molar-refractivity contribution < 1.29 is 9.47 Å². The highest BCUT2D eigenvalue weighted by molar-refractivity contribution is 4.77. The highest BCUT2D eigenvalue weighted by Crippen LogP contribution is 2.31. The van der Waals surface area contributed by atoms with Crippen LogP contribution in [0.2, 0.25) is 0 Å². The van der Waals surface area contributed by atoms with Crippen LogP contribution in [0.25, 0.3) is 0 Å². The molecule has 1 fully saturated rings. The Morgan fingerprint density at radius 2 is 1.00 bits per heavy atom. The van der Waals surface area contributed by atoms with Gasteiger partial charge in [0.2, 0.25) is 0 Å². The van der Waals surface area contributed by atoms with Crippen molar-refractivity contribution in [2.45, 2.75) is 150 Å². The second-order valence-corrected chi connectivity index (χ2v) is 13.3. The van der Waals surface area contributed by atoms with Crippen LogP contribution in [0.1, 0.15) is 144 Å². The number of rotatable bonds is 23. The maximum atomic E-state index is 5.85. The number of ether oxygens (including phenoxy) is 2. The number of unbranched alkanes of at least 4 members (excludes halogenated alkanes) is 11. The van der Waals surface area contributed by atoms with Crippen LogP contribution in [0, 0.1) is 11.3 Å². The summed E-state index contributed by atoms with van der Waals surface area (Å²) in [5.41, 5.74) is 0.509. The van der Waals surface area contributed by atoms with E-state index in [0.717, 1.165) is 0 Å². The highest BCUT2D eigenvalue weighted by atomic mass is 16.7. The SMILES string of the molecule is CCCCCCCCC(CCCN1CCN(CCCCCCCCCC(C)(C)C)CC1)C(C)(OC)OC. The van der Waals surface area contributed by atoms with E-state index in [1.54, 1.807) is 0 Å². The van der Waals surface area contributed by atoms with Gasteiger partial charge >= 0.3 is 0 Å². The Kier molecular flexibility index (Phi) is 19.5. The molecule has 0 N–H and O–H groups in total. The Labute approximate surface area is 233 Å². The lowest BCUT2D eigenvalue weighted by atomic mass is 9.88. The van der Waals surface area contributed by atoms with Crippen LogP contribution in [0.5, 0.6) is 0 Å². The van der Waals surface area contributed by atoms with Crippen LogP contribution in [-0.2, 0) is 9.47 Å². The summed E-state index contributed by atoms with van der Waals surface area (Å²) in [7, 11) is 3.62. The van der Waals surface area contributed by atoms with Crippen molar-refractivity contribution in [3.05, 3.63) is 0 Å². The van der Waals surface area contributed by atoms with E-state index in [1.165, 1.54) is 148 Å². The Bertz CT molecular complexity index is 507. The van der Waals surface area contributed by atoms with Crippen LogP contribution in [0.3, 0.4) is 0 Å². The molecule has 1 rings (SSSR count). The normalized spacial score (nSPS) is 16.9. The van der Waals surface area contributed by atoms with Gasteiger partial charge in [-0.3, -0.25) is 0 Å². The number of hydrogen-bond acceptors (Lipinski definition) is 4. The van der Waals surface area contributed by atoms with Crippen molar-refractivity contribution in [2.24, 2.45) is 11.3 Å². The van der Waals surface area contributed by atoms with Crippen LogP contribution < -0.4 is 0 Å². The Morgan fingerprint density at radius 3 is 1.51 bits per heavy atom. The molecule has 1 aliphatic heterocycles. The number of methoxy groups -OCH3 is 2. The van der Waals surface area contributed by atoms with Gasteiger partial charge in [-0.25, -0.2) is 0 Å². The minimum atomic E-state index is -0.450. The molecule has 0 amide bonds.